The summed E-state index contributed by atoms with van der Waals surface area (Å²) in [5.74, 6) is -0.240. The van der Waals surface area contributed by atoms with Crippen molar-refractivity contribution < 1.29 is 19.1 Å². The number of benzene rings is 1. The van der Waals surface area contributed by atoms with E-state index < -0.39 is 18.1 Å². The zero-order chi connectivity index (χ0) is 16.3. The van der Waals surface area contributed by atoms with Crippen LogP contribution in [-0.4, -0.2) is 30.6 Å². The average Bonchev–Trinajstić information content (AvgIpc) is 2.49. The summed E-state index contributed by atoms with van der Waals surface area (Å²) in [6.07, 6.45) is 1.07. The van der Waals surface area contributed by atoms with Gasteiger partial charge in [0.05, 0.1) is 12.3 Å². The van der Waals surface area contributed by atoms with Crippen LogP contribution < -0.4 is 15.4 Å². The van der Waals surface area contributed by atoms with Crippen LogP contribution in [0.5, 0.6) is 5.75 Å². The Bertz CT molecular complexity index is 573. The Hall–Kier alpha value is -2.24. The molecule has 0 radical (unpaired) electrons. The van der Waals surface area contributed by atoms with Crippen molar-refractivity contribution in [1.29, 1.82) is 0 Å². The summed E-state index contributed by atoms with van der Waals surface area (Å²) in [6, 6.07) is 4.41. The van der Waals surface area contributed by atoms with Gasteiger partial charge in [0.15, 0.2) is 6.10 Å². The fourth-order valence-corrected chi connectivity index (χ4v) is 2.37. The molecule has 1 amide bonds. The first-order chi connectivity index (χ1) is 10.5. The molecule has 2 rings (SSSR count). The highest BCUT2D eigenvalue weighted by atomic mass is 16.5. The van der Waals surface area contributed by atoms with Crippen molar-refractivity contribution in [3.63, 3.8) is 0 Å². The van der Waals surface area contributed by atoms with Crippen LogP contribution in [0.15, 0.2) is 18.2 Å². The van der Waals surface area contributed by atoms with E-state index >= 15 is 0 Å². The van der Waals surface area contributed by atoms with Gasteiger partial charge < -0.3 is 15.2 Å². The summed E-state index contributed by atoms with van der Waals surface area (Å²) in [7, 11) is 0. The molecule has 0 bridgehead atoms. The first kappa shape index (κ1) is 16.1. The van der Waals surface area contributed by atoms with Gasteiger partial charge in [-0.25, -0.2) is 4.79 Å². The molecule has 6 nitrogen and oxygen atoms in total. The second-order valence-corrected chi connectivity index (χ2v) is 5.36. The molecule has 0 aliphatic carbocycles. The summed E-state index contributed by atoms with van der Waals surface area (Å²) in [5, 5.41) is 0. The Kier molecular flexibility index (Phi) is 4.90. The molecule has 6 heteroatoms. The van der Waals surface area contributed by atoms with Crippen molar-refractivity contribution in [1.82, 2.24) is 0 Å². The SMILES string of the molecule is CCCCOC(=O)C(C)N1C(=O)C(C)Oc2cccc(N)c21. The van der Waals surface area contributed by atoms with E-state index in [9.17, 15) is 9.59 Å². The Morgan fingerprint density at radius 2 is 2.23 bits per heavy atom. The maximum Gasteiger partial charge on any atom is 0.328 e. The third-order valence-corrected chi connectivity index (χ3v) is 3.63. The Morgan fingerprint density at radius 1 is 1.50 bits per heavy atom. The fraction of sp³-hybridized carbons (Fsp3) is 0.500. The van der Waals surface area contributed by atoms with Crippen LogP contribution in [-0.2, 0) is 14.3 Å². The van der Waals surface area contributed by atoms with Gasteiger partial charge in [0, 0.05) is 0 Å². The second kappa shape index (κ2) is 6.68. The van der Waals surface area contributed by atoms with E-state index in [-0.39, 0.29) is 5.91 Å². The largest absolute Gasteiger partial charge is 0.479 e. The number of nitrogens with zero attached hydrogens (tertiary/aromatic N) is 1. The van der Waals surface area contributed by atoms with Crippen molar-refractivity contribution in [2.45, 2.75) is 45.8 Å². The van der Waals surface area contributed by atoms with Crippen molar-refractivity contribution in [2.24, 2.45) is 0 Å². The minimum atomic E-state index is -0.751. The van der Waals surface area contributed by atoms with Crippen molar-refractivity contribution in [2.75, 3.05) is 17.2 Å². The normalized spacial score (nSPS) is 18.4. The van der Waals surface area contributed by atoms with Gasteiger partial charge >= 0.3 is 5.97 Å². The molecule has 1 aromatic rings. The number of hydrogen-bond acceptors (Lipinski definition) is 5. The summed E-state index contributed by atoms with van der Waals surface area (Å²) in [4.78, 5) is 26.0. The molecule has 1 aromatic carbocycles. The smallest absolute Gasteiger partial charge is 0.328 e. The van der Waals surface area contributed by atoms with Crippen LogP contribution in [0.2, 0.25) is 0 Å². The van der Waals surface area contributed by atoms with Gasteiger partial charge in [0.2, 0.25) is 0 Å². The summed E-state index contributed by atoms with van der Waals surface area (Å²) in [6.45, 7) is 5.66. The number of hydrogen-bond donors (Lipinski definition) is 1. The number of unbranched alkanes of at least 4 members (excludes halogenated alkanes) is 1. The van der Waals surface area contributed by atoms with Crippen LogP contribution in [0.25, 0.3) is 0 Å². The zero-order valence-electron chi connectivity index (χ0n) is 13.2. The minimum absolute atomic E-state index is 0.301. The number of rotatable bonds is 5. The molecule has 22 heavy (non-hydrogen) atoms. The van der Waals surface area contributed by atoms with Gasteiger partial charge in [-0.2, -0.15) is 0 Å². The van der Waals surface area contributed by atoms with Gasteiger partial charge in [0.25, 0.3) is 5.91 Å². The zero-order valence-corrected chi connectivity index (χ0v) is 13.2. The Balaban J connectivity index is 2.29. The van der Waals surface area contributed by atoms with E-state index in [1.807, 2.05) is 6.92 Å². The number of nitrogen functional groups attached to an aromatic ring is 1. The third kappa shape index (κ3) is 3.00. The lowest BCUT2D eigenvalue weighted by atomic mass is 10.1. The maximum atomic E-state index is 12.5. The van der Waals surface area contributed by atoms with E-state index in [0.29, 0.717) is 23.7 Å². The number of carbonyl (C=O) groups excluding carboxylic acids is 2. The maximum absolute atomic E-state index is 12.5. The third-order valence-electron chi connectivity index (χ3n) is 3.63. The second-order valence-electron chi connectivity index (χ2n) is 5.36. The molecular weight excluding hydrogens is 284 g/mol. The number of esters is 1. The van der Waals surface area contributed by atoms with Crippen LogP contribution in [0, 0.1) is 0 Å². The number of ether oxygens (including phenoxy) is 2. The lowest BCUT2D eigenvalue weighted by Crippen LogP contribution is -2.52. The molecular formula is C16H22N2O4. The number of amides is 1. The van der Waals surface area contributed by atoms with E-state index in [4.69, 9.17) is 15.2 Å². The predicted molar refractivity (Wildman–Crippen MR) is 83.8 cm³/mol. The van der Waals surface area contributed by atoms with Gasteiger partial charge in [-0.05, 0) is 32.4 Å². The standard InChI is InChI=1S/C16H22N2O4/c1-4-5-9-21-16(20)10(2)18-14-12(17)7-6-8-13(14)22-11(3)15(18)19/h6-8,10-11H,4-5,9,17H2,1-3H3. The monoisotopic (exact) mass is 306 g/mol. The number of fused-ring (bicyclic) bond motifs is 1. The average molecular weight is 306 g/mol. The molecule has 0 spiro atoms. The van der Waals surface area contributed by atoms with E-state index in [1.54, 1.807) is 32.0 Å². The lowest BCUT2D eigenvalue weighted by Gasteiger charge is -2.36. The van der Waals surface area contributed by atoms with Crippen LogP contribution in [0.1, 0.15) is 33.6 Å². The molecule has 120 valence electrons. The number of para-hydroxylation sites is 1. The molecule has 0 aromatic heterocycles. The van der Waals surface area contributed by atoms with Crippen molar-refractivity contribution in [3.05, 3.63) is 18.2 Å². The molecule has 1 aliphatic rings. The minimum Gasteiger partial charge on any atom is -0.479 e. The molecule has 0 saturated carbocycles. The van der Waals surface area contributed by atoms with Gasteiger partial charge in [-0.1, -0.05) is 19.4 Å². The molecule has 0 fully saturated rings. The molecule has 1 aliphatic heterocycles. The molecule has 2 unspecified atom stereocenters. The first-order valence-electron chi connectivity index (χ1n) is 7.52. The number of carbonyl (C=O) groups is 2. The molecule has 1 heterocycles. The highest BCUT2D eigenvalue weighted by molar-refractivity contribution is 6.06. The summed E-state index contributed by atoms with van der Waals surface area (Å²) < 4.78 is 10.8. The quantitative estimate of drug-likeness (QED) is 0.512. The van der Waals surface area contributed by atoms with Gasteiger partial charge in [-0.3, -0.25) is 9.69 Å². The topological polar surface area (TPSA) is 81.9 Å². The lowest BCUT2D eigenvalue weighted by molar-refractivity contribution is -0.146. The summed E-state index contributed by atoms with van der Waals surface area (Å²) >= 11 is 0. The van der Waals surface area contributed by atoms with Gasteiger partial charge in [-0.15, -0.1) is 0 Å². The first-order valence-corrected chi connectivity index (χ1v) is 7.52. The van der Waals surface area contributed by atoms with Crippen LogP contribution in [0.4, 0.5) is 11.4 Å². The predicted octanol–water partition coefficient (Wildman–Crippen LogP) is 2.11. The van der Waals surface area contributed by atoms with Gasteiger partial charge in [0.1, 0.15) is 17.5 Å². The van der Waals surface area contributed by atoms with Crippen LogP contribution in [0.3, 0.4) is 0 Å². The van der Waals surface area contributed by atoms with Crippen molar-refractivity contribution >= 4 is 23.3 Å². The Morgan fingerprint density at radius 3 is 2.91 bits per heavy atom. The van der Waals surface area contributed by atoms with E-state index in [1.165, 1.54) is 4.90 Å². The highest BCUT2D eigenvalue weighted by Crippen LogP contribution is 2.39. The Labute approximate surface area is 130 Å². The summed E-state index contributed by atoms with van der Waals surface area (Å²) in [5.41, 5.74) is 6.80. The van der Waals surface area contributed by atoms with E-state index in [0.717, 1.165) is 12.8 Å². The number of anilines is 2. The fourth-order valence-electron chi connectivity index (χ4n) is 2.37. The highest BCUT2D eigenvalue weighted by Gasteiger charge is 2.38. The number of nitrogens with two attached hydrogens (primary N) is 1. The van der Waals surface area contributed by atoms with Crippen LogP contribution >= 0.6 is 0 Å². The van der Waals surface area contributed by atoms with E-state index in [2.05, 4.69) is 0 Å². The molecule has 0 saturated heterocycles. The molecule has 2 atom stereocenters. The molecule has 2 N–H and O–H groups in total. The van der Waals surface area contributed by atoms with Crippen molar-refractivity contribution in [3.8, 4) is 5.75 Å².